The number of ether oxygens (including phenoxy) is 2. The Balaban J connectivity index is 1.68. The van der Waals surface area contributed by atoms with Gasteiger partial charge in [0.15, 0.2) is 11.5 Å². The van der Waals surface area contributed by atoms with Gasteiger partial charge in [-0.05, 0) is 30.3 Å². The maximum Gasteiger partial charge on any atom is 0.251 e. The van der Waals surface area contributed by atoms with E-state index in [1.54, 1.807) is 31.5 Å². The van der Waals surface area contributed by atoms with Gasteiger partial charge in [-0.3, -0.25) is 4.79 Å². The molecule has 0 saturated carbocycles. The van der Waals surface area contributed by atoms with E-state index in [-0.39, 0.29) is 5.91 Å². The predicted molar refractivity (Wildman–Crippen MR) is 119 cm³/mol. The molecule has 3 aromatic rings. The highest BCUT2D eigenvalue weighted by Gasteiger charge is 2.13. The number of hydrogen-bond acceptors (Lipinski definition) is 5. The number of aromatic nitrogens is 1. The Morgan fingerprint density at radius 1 is 1.07 bits per heavy atom. The van der Waals surface area contributed by atoms with Crippen LogP contribution in [0.2, 0.25) is 5.02 Å². The smallest absolute Gasteiger partial charge is 0.251 e. The minimum atomic E-state index is -0.209. The average molecular weight is 426 g/mol. The van der Waals surface area contributed by atoms with Gasteiger partial charge in [-0.2, -0.15) is 0 Å². The minimum absolute atomic E-state index is 0.209. The largest absolute Gasteiger partial charge is 0.493 e. The number of benzene rings is 2. The fourth-order valence-corrected chi connectivity index (χ4v) is 3.14. The molecule has 30 heavy (non-hydrogen) atoms. The molecular weight excluding hydrogens is 402 g/mol. The number of nitrogens with one attached hydrogen (secondary N) is 1. The second-order valence-corrected chi connectivity index (χ2v) is 7.22. The van der Waals surface area contributed by atoms with E-state index in [0.29, 0.717) is 35.2 Å². The van der Waals surface area contributed by atoms with Gasteiger partial charge in [0.1, 0.15) is 12.4 Å². The molecule has 0 bridgehead atoms. The highest BCUT2D eigenvalue weighted by Crippen LogP contribution is 2.29. The summed E-state index contributed by atoms with van der Waals surface area (Å²) in [6.07, 6.45) is 1.73. The zero-order chi connectivity index (χ0) is 21.5. The number of rotatable bonds is 8. The summed E-state index contributed by atoms with van der Waals surface area (Å²) >= 11 is 6.18. The molecule has 1 aromatic heterocycles. The molecule has 1 heterocycles. The number of methoxy groups -OCH3 is 1. The van der Waals surface area contributed by atoms with Crippen molar-refractivity contribution in [2.45, 2.75) is 13.2 Å². The van der Waals surface area contributed by atoms with Crippen LogP contribution in [0.3, 0.4) is 0 Å². The number of carbonyl (C=O) groups excluding carboxylic acids is 1. The maximum absolute atomic E-state index is 12.6. The molecule has 0 aliphatic rings. The van der Waals surface area contributed by atoms with Gasteiger partial charge in [-0.25, -0.2) is 4.98 Å². The van der Waals surface area contributed by atoms with Crippen LogP contribution in [0, 0.1) is 0 Å². The van der Waals surface area contributed by atoms with E-state index in [9.17, 15) is 4.79 Å². The number of carbonyl (C=O) groups is 1. The SMILES string of the molecule is COc1cc(C(=O)NCc2cccnc2N(C)C)ccc1OCc1ccccc1Cl. The summed E-state index contributed by atoms with van der Waals surface area (Å²) in [5.41, 5.74) is 2.28. The minimum Gasteiger partial charge on any atom is -0.493 e. The molecule has 0 fully saturated rings. The Morgan fingerprint density at radius 3 is 2.57 bits per heavy atom. The quantitative estimate of drug-likeness (QED) is 0.582. The molecule has 0 unspecified atom stereocenters. The molecule has 0 aliphatic heterocycles. The summed E-state index contributed by atoms with van der Waals surface area (Å²) in [7, 11) is 5.37. The Hall–Kier alpha value is -3.25. The van der Waals surface area contributed by atoms with Crippen molar-refractivity contribution in [3.63, 3.8) is 0 Å². The maximum atomic E-state index is 12.6. The number of hydrogen-bond donors (Lipinski definition) is 1. The van der Waals surface area contributed by atoms with Gasteiger partial charge >= 0.3 is 0 Å². The first-order chi connectivity index (χ1) is 14.5. The highest BCUT2D eigenvalue weighted by molar-refractivity contribution is 6.31. The molecule has 6 nitrogen and oxygen atoms in total. The van der Waals surface area contributed by atoms with Crippen molar-refractivity contribution in [2.24, 2.45) is 0 Å². The number of halogens is 1. The van der Waals surface area contributed by atoms with Crippen LogP contribution in [-0.2, 0) is 13.2 Å². The summed E-state index contributed by atoms with van der Waals surface area (Å²) < 4.78 is 11.3. The van der Waals surface area contributed by atoms with Crippen LogP contribution >= 0.6 is 11.6 Å². The number of nitrogens with zero attached hydrogens (tertiary/aromatic N) is 2. The van der Waals surface area contributed by atoms with E-state index in [4.69, 9.17) is 21.1 Å². The van der Waals surface area contributed by atoms with Crippen molar-refractivity contribution in [2.75, 3.05) is 26.1 Å². The fourth-order valence-electron chi connectivity index (χ4n) is 2.95. The molecule has 1 N–H and O–H groups in total. The number of pyridine rings is 1. The average Bonchev–Trinajstić information content (AvgIpc) is 2.77. The lowest BCUT2D eigenvalue weighted by Crippen LogP contribution is -2.24. The standard InChI is InChI=1S/C23H24ClN3O3/c1-27(2)22-17(8-6-12-25-22)14-26-23(28)16-10-11-20(21(13-16)29-3)30-15-18-7-4-5-9-19(18)24/h4-13H,14-15H2,1-3H3,(H,26,28). The monoisotopic (exact) mass is 425 g/mol. The first-order valence-corrected chi connectivity index (χ1v) is 9.81. The molecular formula is C23H24ClN3O3. The van der Waals surface area contributed by atoms with Crippen LogP contribution in [0.5, 0.6) is 11.5 Å². The van der Waals surface area contributed by atoms with Crippen LogP contribution < -0.4 is 19.7 Å². The van der Waals surface area contributed by atoms with Gasteiger partial charge in [0.05, 0.1) is 7.11 Å². The fraction of sp³-hybridized carbons (Fsp3) is 0.217. The Bertz CT molecular complexity index is 1020. The third-order valence-electron chi connectivity index (χ3n) is 4.50. The molecule has 3 rings (SSSR count). The molecule has 156 valence electrons. The van der Waals surface area contributed by atoms with Crippen LogP contribution in [0.1, 0.15) is 21.5 Å². The molecule has 7 heteroatoms. The summed E-state index contributed by atoms with van der Waals surface area (Å²) in [6, 6.07) is 16.4. The lowest BCUT2D eigenvalue weighted by Gasteiger charge is -2.16. The lowest BCUT2D eigenvalue weighted by molar-refractivity contribution is 0.0950. The van der Waals surface area contributed by atoms with Gasteiger partial charge in [0.25, 0.3) is 5.91 Å². The Labute approximate surface area is 181 Å². The Kier molecular flexibility index (Phi) is 7.14. The van der Waals surface area contributed by atoms with Crippen molar-refractivity contribution in [3.05, 3.63) is 82.5 Å². The zero-order valence-corrected chi connectivity index (χ0v) is 17.9. The van der Waals surface area contributed by atoms with Crippen molar-refractivity contribution < 1.29 is 14.3 Å². The van der Waals surface area contributed by atoms with E-state index in [1.165, 1.54) is 0 Å². The molecule has 0 atom stereocenters. The molecule has 0 spiro atoms. The third-order valence-corrected chi connectivity index (χ3v) is 4.87. The normalized spacial score (nSPS) is 10.4. The third kappa shape index (κ3) is 5.21. The van der Waals surface area contributed by atoms with Crippen LogP contribution in [0.15, 0.2) is 60.8 Å². The van der Waals surface area contributed by atoms with Gasteiger partial charge in [-0.1, -0.05) is 35.9 Å². The summed E-state index contributed by atoms with van der Waals surface area (Å²) in [5, 5.41) is 3.57. The lowest BCUT2D eigenvalue weighted by atomic mass is 10.1. The van der Waals surface area contributed by atoms with E-state index in [0.717, 1.165) is 16.9 Å². The molecule has 0 aliphatic carbocycles. The van der Waals surface area contributed by atoms with Crippen molar-refractivity contribution in [1.82, 2.24) is 10.3 Å². The molecule has 2 aromatic carbocycles. The second kappa shape index (κ2) is 9.98. The van der Waals surface area contributed by atoms with Crippen LogP contribution in [-0.4, -0.2) is 32.1 Å². The van der Waals surface area contributed by atoms with Gasteiger partial charge in [0, 0.05) is 48.5 Å². The van der Waals surface area contributed by atoms with Crippen molar-refractivity contribution in [3.8, 4) is 11.5 Å². The predicted octanol–water partition coefficient (Wildman–Crippen LogP) is 4.32. The summed E-state index contributed by atoms with van der Waals surface area (Å²) in [6.45, 7) is 0.670. The molecule has 0 saturated heterocycles. The molecule has 0 radical (unpaired) electrons. The van der Waals surface area contributed by atoms with E-state index >= 15 is 0 Å². The molecule has 1 amide bonds. The highest BCUT2D eigenvalue weighted by atomic mass is 35.5. The van der Waals surface area contributed by atoms with Gasteiger partial charge < -0.3 is 19.7 Å². The zero-order valence-electron chi connectivity index (χ0n) is 17.2. The number of anilines is 1. The van der Waals surface area contributed by atoms with Crippen LogP contribution in [0.4, 0.5) is 5.82 Å². The van der Waals surface area contributed by atoms with Gasteiger partial charge in [-0.15, -0.1) is 0 Å². The van der Waals surface area contributed by atoms with E-state index in [1.807, 2.05) is 55.4 Å². The first-order valence-electron chi connectivity index (χ1n) is 9.43. The first kappa shape index (κ1) is 21.5. The van der Waals surface area contributed by atoms with E-state index < -0.39 is 0 Å². The number of amides is 1. The Morgan fingerprint density at radius 2 is 1.83 bits per heavy atom. The summed E-state index contributed by atoms with van der Waals surface area (Å²) in [5.74, 6) is 1.62. The van der Waals surface area contributed by atoms with Crippen molar-refractivity contribution in [1.29, 1.82) is 0 Å². The van der Waals surface area contributed by atoms with Crippen LogP contribution in [0.25, 0.3) is 0 Å². The van der Waals surface area contributed by atoms with E-state index in [2.05, 4.69) is 10.3 Å². The second-order valence-electron chi connectivity index (χ2n) is 6.81. The van der Waals surface area contributed by atoms with Gasteiger partial charge in [0.2, 0.25) is 0 Å². The topological polar surface area (TPSA) is 63.7 Å². The van der Waals surface area contributed by atoms with Crippen molar-refractivity contribution >= 4 is 23.3 Å². The summed E-state index contributed by atoms with van der Waals surface area (Å²) in [4.78, 5) is 18.9.